The first kappa shape index (κ1) is 58.8. The molecule has 0 spiro atoms. The number of anilines is 4. The van der Waals surface area contributed by atoms with Crippen LogP contribution in [0.3, 0.4) is 0 Å². The van der Waals surface area contributed by atoms with Crippen molar-refractivity contribution in [2.45, 2.75) is 56.9 Å². The van der Waals surface area contributed by atoms with E-state index in [1.165, 1.54) is 93.2 Å². The molecule has 0 amide bonds. The van der Waals surface area contributed by atoms with E-state index in [1.54, 1.807) is 0 Å². The van der Waals surface area contributed by atoms with Gasteiger partial charge in [-0.05, 0) is 169 Å². The first-order chi connectivity index (χ1) is 51.6. The second kappa shape index (κ2) is 21.4. The Labute approximate surface area is 605 Å². The van der Waals surface area contributed by atoms with Gasteiger partial charge in [0.05, 0.1) is 39.5 Å². The van der Waals surface area contributed by atoms with Crippen LogP contribution < -0.4 is 9.80 Å². The Morgan fingerprint density at radius 1 is 0.390 bits per heavy atom. The van der Waals surface area contributed by atoms with Crippen LogP contribution in [-0.2, 0) is 17.3 Å². The minimum Gasteiger partial charge on any atom is -0.460 e. The second-order valence-electron chi connectivity index (χ2n) is 30.6. The lowest BCUT2D eigenvalue weighted by Gasteiger charge is -2.38. The van der Waals surface area contributed by atoms with Crippen LogP contribution in [0.1, 0.15) is 67.2 Å². The number of furan rings is 3. The standard InChI is InChI=1S/C98H68N4O3/c1-97(2)79-47-37-57-21-11-13-27-65(57)93(79)73-45-41-61(49-81(73)97)99(85-35-19-31-71-67-29-15-17-33-83(67)101(95(71)85)59-23-7-5-8-24-59)63-39-43-69-75-53-91-77(55-89(75)103-87(69)51-63)78-56-90-76(54-92(78)105-91)70-44-40-64(52-88(70)104-90)100(62-42-46-74-82(50-62)98(3,4)80-48-38-58-22-12-14-28-66(58)94(74)80)86-36-20-32-72-68-30-16-18-34-84(68)102(96(72)86)60-25-9-6-10-26-60/h5-51,53-56,64,74,82H,52H2,1-4H3. The molecule has 7 nitrogen and oxygen atoms in total. The molecule has 0 aliphatic heterocycles. The summed E-state index contributed by atoms with van der Waals surface area (Å²) in [7, 11) is 0. The number of rotatable bonds is 8. The van der Waals surface area contributed by atoms with Crippen LogP contribution in [0.25, 0.3) is 149 Å². The summed E-state index contributed by atoms with van der Waals surface area (Å²) in [6.07, 6.45) is 12.9. The number of nitrogens with zero attached hydrogens (tertiary/aromatic N) is 4. The molecule has 19 aromatic rings. The van der Waals surface area contributed by atoms with Crippen molar-refractivity contribution in [1.29, 1.82) is 0 Å². The van der Waals surface area contributed by atoms with Crippen molar-refractivity contribution in [1.82, 2.24) is 9.13 Å². The van der Waals surface area contributed by atoms with Gasteiger partial charge in [0.2, 0.25) is 0 Å². The zero-order chi connectivity index (χ0) is 69.3. The second-order valence-corrected chi connectivity index (χ2v) is 30.6. The van der Waals surface area contributed by atoms with Crippen LogP contribution in [0.5, 0.6) is 0 Å². The van der Waals surface area contributed by atoms with Crippen molar-refractivity contribution in [2.24, 2.45) is 5.92 Å². The smallest absolute Gasteiger partial charge is 0.137 e. The summed E-state index contributed by atoms with van der Waals surface area (Å²) in [5, 5.41) is 15.0. The average Bonchev–Trinajstić information content (AvgIpc) is 1.58. The highest BCUT2D eigenvalue weighted by atomic mass is 16.3. The summed E-state index contributed by atoms with van der Waals surface area (Å²) >= 11 is 0. The van der Waals surface area contributed by atoms with Gasteiger partial charge in [0, 0.05) is 106 Å². The molecular formula is C98H68N4O3. The number of allylic oxidation sites excluding steroid dienone is 3. The van der Waals surface area contributed by atoms with Crippen LogP contribution >= 0.6 is 0 Å². The Bertz CT molecular complexity index is 7100. The molecule has 5 aromatic heterocycles. The molecule has 0 saturated heterocycles. The van der Waals surface area contributed by atoms with Gasteiger partial charge < -0.3 is 32.2 Å². The van der Waals surface area contributed by atoms with E-state index in [0.717, 1.165) is 111 Å². The van der Waals surface area contributed by atoms with E-state index in [2.05, 4.69) is 356 Å². The predicted octanol–water partition coefficient (Wildman–Crippen LogP) is 26.1. The highest BCUT2D eigenvalue weighted by Gasteiger charge is 2.47. The summed E-state index contributed by atoms with van der Waals surface area (Å²) in [6.45, 7) is 9.66. The SMILES string of the molecule is CC1(C)c2cc(N(c3ccc4c(c3)oc3cc5c(cc34)oc3cc4c6c(oc4cc35)CC(N(C3=CC4C(C=C3)c3c(ccc5ccccc35)C4(C)C)c3cccc4c5ccccc5n(-c5ccccc5)c34)C=C6)c3cccc4c5ccccc5n(-c5ccccc5)c34)ccc2-c2c1ccc1ccccc21. The lowest BCUT2D eigenvalue weighted by Crippen LogP contribution is -2.38. The molecule has 14 aromatic carbocycles. The van der Waals surface area contributed by atoms with Crippen LogP contribution in [0.15, 0.2) is 322 Å². The third kappa shape index (κ3) is 8.21. The molecule has 0 N–H and O–H groups in total. The largest absolute Gasteiger partial charge is 0.460 e. The van der Waals surface area contributed by atoms with Crippen molar-refractivity contribution in [3.8, 4) is 22.5 Å². The summed E-state index contributed by atoms with van der Waals surface area (Å²) in [5.41, 5.74) is 25.2. The van der Waals surface area contributed by atoms with Crippen molar-refractivity contribution in [2.75, 3.05) is 9.80 Å². The maximum Gasteiger partial charge on any atom is 0.137 e. The average molecular weight is 1350 g/mol. The molecule has 3 unspecified atom stereocenters. The van der Waals surface area contributed by atoms with Crippen molar-refractivity contribution in [3.63, 3.8) is 0 Å². The third-order valence-electron chi connectivity index (χ3n) is 24.4. The van der Waals surface area contributed by atoms with Gasteiger partial charge in [-0.3, -0.25) is 0 Å². The Balaban J connectivity index is 0.649. The molecule has 0 bridgehead atoms. The number of para-hydroxylation sites is 6. The van der Waals surface area contributed by atoms with Crippen LogP contribution in [0, 0.1) is 5.92 Å². The minimum absolute atomic E-state index is 0.0991. The van der Waals surface area contributed by atoms with Gasteiger partial charge in [-0.25, -0.2) is 0 Å². The van der Waals surface area contributed by atoms with Gasteiger partial charge >= 0.3 is 0 Å². The molecule has 105 heavy (non-hydrogen) atoms. The Kier molecular flexibility index (Phi) is 12.0. The van der Waals surface area contributed by atoms with Crippen molar-refractivity contribution in [3.05, 3.63) is 343 Å². The zero-order valence-electron chi connectivity index (χ0n) is 58.4. The summed E-state index contributed by atoms with van der Waals surface area (Å²) in [6, 6.07) is 103. The van der Waals surface area contributed by atoms with E-state index in [-0.39, 0.29) is 28.7 Å². The van der Waals surface area contributed by atoms with Crippen molar-refractivity contribution < 1.29 is 13.3 Å². The van der Waals surface area contributed by atoms with E-state index in [9.17, 15) is 0 Å². The fourth-order valence-corrected chi connectivity index (χ4v) is 19.6. The van der Waals surface area contributed by atoms with E-state index in [0.29, 0.717) is 6.42 Å². The maximum atomic E-state index is 7.23. The lowest BCUT2D eigenvalue weighted by molar-refractivity contribution is 0.391. The predicted molar refractivity (Wildman–Crippen MR) is 435 cm³/mol. The van der Waals surface area contributed by atoms with E-state index >= 15 is 0 Å². The topological polar surface area (TPSA) is 55.8 Å². The number of hydrogen-bond donors (Lipinski definition) is 0. The van der Waals surface area contributed by atoms with Crippen LogP contribution in [0.2, 0.25) is 0 Å². The summed E-state index contributed by atoms with van der Waals surface area (Å²) in [4.78, 5) is 5.07. The van der Waals surface area contributed by atoms with Gasteiger partial charge in [0.1, 0.15) is 33.7 Å². The highest BCUT2D eigenvalue weighted by molar-refractivity contribution is 6.19. The van der Waals surface area contributed by atoms with Crippen LogP contribution in [0.4, 0.5) is 22.7 Å². The quantitative estimate of drug-likeness (QED) is 0.152. The Morgan fingerprint density at radius 3 is 1.61 bits per heavy atom. The molecule has 5 heterocycles. The Hall–Kier alpha value is -12.8. The molecule has 3 atom stereocenters. The lowest BCUT2D eigenvalue weighted by atomic mass is 9.74. The minimum atomic E-state index is -0.257. The molecule has 0 saturated carbocycles. The van der Waals surface area contributed by atoms with Gasteiger partial charge in [-0.1, -0.05) is 228 Å². The summed E-state index contributed by atoms with van der Waals surface area (Å²) < 4.78 is 26.3. The number of fused-ring (bicyclic) bond motifs is 25. The highest BCUT2D eigenvalue weighted by Crippen LogP contribution is 2.58. The molecule has 0 fully saturated rings. The molecule has 4 aliphatic rings. The zero-order valence-corrected chi connectivity index (χ0v) is 58.4. The first-order valence-corrected chi connectivity index (χ1v) is 36.9. The molecule has 4 aliphatic carbocycles. The summed E-state index contributed by atoms with van der Waals surface area (Å²) in [5.74, 6) is 1.43. The molecular weight excluding hydrogens is 1280 g/mol. The van der Waals surface area contributed by atoms with Gasteiger partial charge in [-0.15, -0.1) is 0 Å². The Morgan fingerprint density at radius 2 is 0.924 bits per heavy atom. The van der Waals surface area contributed by atoms with E-state index < -0.39 is 0 Å². The molecule has 0 radical (unpaired) electrons. The van der Waals surface area contributed by atoms with Gasteiger partial charge in [0.15, 0.2) is 0 Å². The number of hydrogen-bond acceptors (Lipinski definition) is 5. The number of benzene rings is 14. The monoisotopic (exact) mass is 1350 g/mol. The molecule has 23 rings (SSSR count). The van der Waals surface area contributed by atoms with E-state index in [1.807, 2.05) is 0 Å². The third-order valence-corrected chi connectivity index (χ3v) is 24.4. The molecule has 7 heteroatoms. The fraction of sp³-hybridized carbons (Fsp3) is 0.102. The van der Waals surface area contributed by atoms with Crippen molar-refractivity contribution >= 4 is 149 Å². The maximum absolute atomic E-state index is 7.23. The van der Waals surface area contributed by atoms with Gasteiger partial charge in [-0.2, -0.15) is 0 Å². The molecule has 498 valence electrons. The normalized spacial score (nSPS) is 17.0. The van der Waals surface area contributed by atoms with Gasteiger partial charge in [0.25, 0.3) is 0 Å². The first-order valence-electron chi connectivity index (χ1n) is 36.9. The van der Waals surface area contributed by atoms with Crippen LogP contribution in [-0.4, -0.2) is 15.2 Å². The number of aromatic nitrogens is 2. The van der Waals surface area contributed by atoms with E-state index in [4.69, 9.17) is 13.3 Å². The fourth-order valence-electron chi connectivity index (χ4n) is 19.6.